The average molecular weight is 389 g/mol. The van der Waals surface area contributed by atoms with Crippen LogP contribution in [-0.2, 0) is 23.1 Å². The molecule has 27 heavy (non-hydrogen) atoms. The van der Waals surface area contributed by atoms with Crippen LogP contribution in [0, 0.1) is 0 Å². The molecule has 1 aliphatic rings. The Morgan fingerprint density at radius 2 is 2.19 bits per heavy atom. The molecule has 2 N–H and O–H groups in total. The molecule has 1 atom stereocenters. The van der Waals surface area contributed by atoms with Crippen molar-refractivity contribution in [1.82, 2.24) is 14.5 Å². The lowest BCUT2D eigenvalue weighted by molar-refractivity contribution is -0.169. The van der Waals surface area contributed by atoms with Gasteiger partial charge in [-0.15, -0.1) is 0 Å². The van der Waals surface area contributed by atoms with E-state index in [9.17, 15) is 0 Å². The molecule has 4 rings (SSSR count). The topological polar surface area (TPSA) is 84.4 Å². The summed E-state index contributed by atoms with van der Waals surface area (Å²) in [6.45, 7) is 1.19. The summed E-state index contributed by atoms with van der Waals surface area (Å²) in [6, 6.07) is 7.09. The predicted molar refractivity (Wildman–Crippen MR) is 103 cm³/mol. The van der Waals surface area contributed by atoms with Gasteiger partial charge in [0.05, 0.1) is 22.8 Å². The number of aromatic nitrogens is 3. The van der Waals surface area contributed by atoms with Crippen LogP contribution in [0.25, 0.3) is 11.0 Å². The first-order valence-corrected chi connectivity index (χ1v) is 9.25. The fourth-order valence-corrected chi connectivity index (χ4v) is 3.28. The molecule has 0 aliphatic carbocycles. The number of halogens is 1. The summed E-state index contributed by atoms with van der Waals surface area (Å²) in [5.41, 5.74) is 8.80. The van der Waals surface area contributed by atoms with Gasteiger partial charge in [0.1, 0.15) is 17.6 Å². The minimum atomic E-state index is -0.143. The monoisotopic (exact) mass is 388 g/mol. The van der Waals surface area contributed by atoms with Crippen LogP contribution in [0.3, 0.4) is 0 Å². The first-order valence-electron chi connectivity index (χ1n) is 8.87. The van der Waals surface area contributed by atoms with Gasteiger partial charge >= 0.3 is 0 Å². The summed E-state index contributed by atoms with van der Waals surface area (Å²) in [4.78, 5) is 8.63. The van der Waals surface area contributed by atoms with Gasteiger partial charge in [0.25, 0.3) is 0 Å². The quantitative estimate of drug-likeness (QED) is 0.664. The standard InChI is InChI=1S/C19H21ClN4O3/c1-24-12(10-26-17-4-2-3-7-25-17)8-16-18(24)19(23-11-22-16)27-13-5-6-15(21)14(20)9-13/h5-6,8-9,11,17H,2-4,7,10,21H2,1H3. The highest BCUT2D eigenvalue weighted by Crippen LogP contribution is 2.31. The second kappa shape index (κ2) is 7.72. The van der Waals surface area contributed by atoms with Crippen molar-refractivity contribution in [3.8, 4) is 11.6 Å². The van der Waals surface area contributed by atoms with E-state index in [1.165, 1.54) is 6.33 Å². The smallest absolute Gasteiger partial charge is 0.247 e. The normalized spacial score (nSPS) is 17.3. The highest BCUT2D eigenvalue weighted by Gasteiger charge is 2.18. The van der Waals surface area contributed by atoms with Crippen LogP contribution in [0.15, 0.2) is 30.6 Å². The number of ether oxygens (including phenoxy) is 3. The number of fused-ring (bicyclic) bond motifs is 1. The summed E-state index contributed by atoms with van der Waals surface area (Å²) >= 11 is 6.08. The van der Waals surface area contributed by atoms with E-state index in [-0.39, 0.29) is 6.29 Å². The molecular formula is C19H21ClN4O3. The maximum absolute atomic E-state index is 6.08. The van der Waals surface area contributed by atoms with Gasteiger partial charge in [0, 0.05) is 25.4 Å². The molecule has 1 aliphatic heterocycles. The number of nitrogens with two attached hydrogens (primary N) is 1. The number of hydrogen-bond acceptors (Lipinski definition) is 6. The molecule has 1 aromatic carbocycles. The Balaban J connectivity index is 1.58. The number of hydrogen-bond donors (Lipinski definition) is 1. The Morgan fingerprint density at radius 1 is 1.30 bits per heavy atom. The summed E-state index contributed by atoms with van der Waals surface area (Å²) in [5.74, 6) is 1.01. The minimum Gasteiger partial charge on any atom is -0.437 e. The SMILES string of the molecule is Cn1c(COC2CCCCO2)cc2ncnc(Oc3ccc(N)c(Cl)c3)c21. The molecule has 1 fully saturated rings. The maximum Gasteiger partial charge on any atom is 0.247 e. The maximum atomic E-state index is 6.08. The van der Waals surface area contributed by atoms with E-state index in [0.29, 0.717) is 28.9 Å². The van der Waals surface area contributed by atoms with Crippen molar-refractivity contribution in [2.24, 2.45) is 7.05 Å². The third kappa shape index (κ3) is 3.85. The van der Waals surface area contributed by atoms with Crippen LogP contribution in [0.4, 0.5) is 5.69 Å². The van der Waals surface area contributed by atoms with Crippen molar-refractivity contribution in [2.75, 3.05) is 12.3 Å². The zero-order valence-corrected chi connectivity index (χ0v) is 15.8. The lowest BCUT2D eigenvalue weighted by Gasteiger charge is -2.22. The molecule has 1 unspecified atom stereocenters. The van der Waals surface area contributed by atoms with E-state index < -0.39 is 0 Å². The average Bonchev–Trinajstić information content (AvgIpc) is 3.01. The Hall–Kier alpha value is -2.35. The summed E-state index contributed by atoms with van der Waals surface area (Å²) in [7, 11) is 1.94. The lowest BCUT2D eigenvalue weighted by atomic mass is 10.2. The second-order valence-electron chi connectivity index (χ2n) is 6.50. The second-order valence-corrected chi connectivity index (χ2v) is 6.91. The van der Waals surface area contributed by atoms with Gasteiger partial charge in [0.2, 0.25) is 5.88 Å². The fraction of sp³-hybridized carbons (Fsp3) is 0.368. The Kier molecular flexibility index (Phi) is 5.15. The molecular weight excluding hydrogens is 368 g/mol. The summed E-state index contributed by atoms with van der Waals surface area (Å²) in [5, 5.41) is 0.436. The molecule has 7 nitrogen and oxygen atoms in total. The van der Waals surface area contributed by atoms with Crippen molar-refractivity contribution in [2.45, 2.75) is 32.2 Å². The zero-order chi connectivity index (χ0) is 18.8. The van der Waals surface area contributed by atoms with Gasteiger partial charge in [-0.3, -0.25) is 0 Å². The molecule has 0 amide bonds. The van der Waals surface area contributed by atoms with Gasteiger partial charge in [-0.2, -0.15) is 4.98 Å². The molecule has 0 radical (unpaired) electrons. The van der Waals surface area contributed by atoms with E-state index in [1.807, 2.05) is 17.7 Å². The van der Waals surface area contributed by atoms with Crippen LogP contribution in [0.2, 0.25) is 5.02 Å². The molecule has 3 heterocycles. The number of rotatable bonds is 5. The minimum absolute atomic E-state index is 0.143. The number of aryl methyl sites for hydroxylation is 1. The van der Waals surface area contributed by atoms with E-state index in [1.54, 1.807) is 18.2 Å². The van der Waals surface area contributed by atoms with Crippen molar-refractivity contribution >= 4 is 28.3 Å². The summed E-state index contributed by atoms with van der Waals surface area (Å²) < 4.78 is 19.5. The van der Waals surface area contributed by atoms with E-state index in [4.69, 9.17) is 31.5 Å². The number of anilines is 1. The number of benzene rings is 1. The Morgan fingerprint density at radius 3 is 2.96 bits per heavy atom. The van der Waals surface area contributed by atoms with Crippen LogP contribution in [0.1, 0.15) is 25.0 Å². The summed E-state index contributed by atoms with van der Waals surface area (Å²) in [6.07, 6.45) is 4.49. The van der Waals surface area contributed by atoms with Crippen molar-refractivity contribution in [1.29, 1.82) is 0 Å². The van der Waals surface area contributed by atoms with Gasteiger partial charge in [-0.1, -0.05) is 11.6 Å². The van der Waals surface area contributed by atoms with Crippen molar-refractivity contribution in [3.63, 3.8) is 0 Å². The molecule has 0 spiro atoms. The molecule has 0 bridgehead atoms. The largest absolute Gasteiger partial charge is 0.437 e. The van der Waals surface area contributed by atoms with E-state index in [0.717, 1.165) is 42.6 Å². The van der Waals surface area contributed by atoms with Crippen LogP contribution in [0.5, 0.6) is 11.6 Å². The van der Waals surface area contributed by atoms with Crippen molar-refractivity contribution in [3.05, 3.63) is 41.3 Å². The molecule has 2 aromatic heterocycles. The number of nitrogens with zero attached hydrogens (tertiary/aromatic N) is 3. The van der Waals surface area contributed by atoms with Gasteiger partial charge in [0.15, 0.2) is 6.29 Å². The third-order valence-corrected chi connectivity index (χ3v) is 4.96. The number of nitrogen functional groups attached to an aromatic ring is 1. The highest BCUT2D eigenvalue weighted by molar-refractivity contribution is 6.33. The predicted octanol–water partition coefficient (Wildman–Crippen LogP) is 4.04. The van der Waals surface area contributed by atoms with Gasteiger partial charge in [-0.05, 0) is 37.5 Å². The van der Waals surface area contributed by atoms with Crippen molar-refractivity contribution < 1.29 is 14.2 Å². The van der Waals surface area contributed by atoms with Crippen LogP contribution < -0.4 is 10.5 Å². The Labute approximate surface area is 162 Å². The zero-order valence-electron chi connectivity index (χ0n) is 15.0. The Bertz CT molecular complexity index is 954. The van der Waals surface area contributed by atoms with E-state index in [2.05, 4.69) is 9.97 Å². The molecule has 0 saturated carbocycles. The third-order valence-electron chi connectivity index (χ3n) is 4.63. The highest BCUT2D eigenvalue weighted by atomic mass is 35.5. The van der Waals surface area contributed by atoms with Gasteiger partial charge in [-0.25, -0.2) is 4.98 Å². The fourth-order valence-electron chi connectivity index (χ4n) is 3.11. The molecule has 142 valence electrons. The first-order chi connectivity index (χ1) is 13.1. The first kappa shape index (κ1) is 18.0. The molecule has 1 saturated heterocycles. The van der Waals surface area contributed by atoms with E-state index >= 15 is 0 Å². The van der Waals surface area contributed by atoms with Crippen LogP contribution >= 0.6 is 11.6 Å². The molecule has 8 heteroatoms. The molecule has 3 aromatic rings. The van der Waals surface area contributed by atoms with Crippen LogP contribution in [-0.4, -0.2) is 27.4 Å². The lowest BCUT2D eigenvalue weighted by Crippen LogP contribution is -2.22. The van der Waals surface area contributed by atoms with Gasteiger partial charge < -0.3 is 24.5 Å².